The first-order valence-corrected chi connectivity index (χ1v) is 11.0. The van der Waals surface area contributed by atoms with Crippen LogP contribution in [0, 0.1) is 13.8 Å². The van der Waals surface area contributed by atoms with Gasteiger partial charge in [-0.25, -0.2) is 8.42 Å². The van der Waals surface area contributed by atoms with Gasteiger partial charge in [0.15, 0.2) is 15.6 Å². The van der Waals surface area contributed by atoms with Crippen molar-refractivity contribution in [2.45, 2.75) is 31.7 Å². The second-order valence-electron chi connectivity index (χ2n) is 7.12. The summed E-state index contributed by atoms with van der Waals surface area (Å²) >= 11 is 0. The molecule has 0 aliphatic heterocycles. The van der Waals surface area contributed by atoms with Gasteiger partial charge in [0, 0.05) is 31.6 Å². The first-order chi connectivity index (χ1) is 13.8. The fourth-order valence-electron chi connectivity index (χ4n) is 3.06. The summed E-state index contributed by atoms with van der Waals surface area (Å²) in [6.07, 6.45) is -0.0727. The van der Waals surface area contributed by atoms with Gasteiger partial charge in [-0.2, -0.15) is 0 Å². The predicted molar refractivity (Wildman–Crippen MR) is 111 cm³/mol. The number of benzene rings is 2. The minimum absolute atomic E-state index is 0.0727. The van der Waals surface area contributed by atoms with Crippen LogP contribution in [-0.2, 0) is 21.2 Å². The van der Waals surface area contributed by atoms with E-state index in [2.05, 4.69) is 5.16 Å². The average molecular weight is 413 g/mol. The highest BCUT2D eigenvalue weighted by Crippen LogP contribution is 2.26. The molecule has 6 nitrogen and oxygen atoms in total. The van der Waals surface area contributed by atoms with E-state index in [9.17, 15) is 13.2 Å². The molecular weight excluding hydrogens is 388 g/mol. The lowest BCUT2D eigenvalue weighted by molar-refractivity contribution is -0.130. The van der Waals surface area contributed by atoms with Crippen LogP contribution in [-0.4, -0.2) is 37.2 Å². The SMILES string of the molecule is Cc1cc(-c2ccc(C)c(S(=O)(=O)CCC(=O)N(C)Cc3ccccc3)c2)on1. The smallest absolute Gasteiger partial charge is 0.223 e. The number of nitrogens with zero attached hydrogens (tertiary/aromatic N) is 2. The Hall–Kier alpha value is -2.93. The predicted octanol–water partition coefficient (Wildman–Crippen LogP) is 3.78. The van der Waals surface area contributed by atoms with Gasteiger partial charge >= 0.3 is 0 Å². The molecule has 0 fully saturated rings. The Morgan fingerprint density at radius 2 is 1.79 bits per heavy atom. The molecule has 0 aliphatic carbocycles. The minimum Gasteiger partial charge on any atom is -0.356 e. The highest BCUT2D eigenvalue weighted by atomic mass is 32.2. The maximum atomic E-state index is 12.9. The molecule has 29 heavy (non-hydrogen) atoms. The molecule has 0 atom stereocenters. The summed E-state index contributed by atoms with van der Waals surface area (Å²) in [7, 11) is -1.95. The van der Waals surface area contributed by atoms with Crippen molar-refractivity contribution in [3.05, 3.63) is 71.4 Å². The van der Waals surface area contributed by atoms with E-state index in [1.807, 2.05) is 30.3 Å². The second kappa shape index (κ2) is 8.61. The second-order valence-corrected chi connectivity index (χ2v) is 9.19. The number of carbonyl (C=O) groups excluding carboxylic acids is 1. The molecule has 3 aromatic rings. The third-order valence-electron chi connectivity index (χ3n) is 4.71. The van der Waals surface area contributed by atoms with Crippen molar-refractivity contribution < 1.29 is 17.7 Å². The number of carbonyl (C=O) groups is 1. The van der Waals surface area contributed by atoms with Crippen molar-refractivity contribution in [2.24, 2.45) is 0 Å². The zero-order valence-corrected chi connectivity index (χ0v) is 17.6. The van der Waals surface area contributed by atoms with E-state index < -0.39 is 9.84 Å². The molecule has 1 aromatic heterocycles. The summed E-state index contributed by atoms with van der Waals surface area (Å²) in [5.74, 6) is 0.0553. The first-order valence-electron chi connectivity index (χ1n) is 9.31. The van der Waals surface area contributed by atoms with Crippen LogP contribution >= 0.6 is 0 Å². The largest absolute Gasteiger partial charge is 0.356 e. The van der Waals surface area contributed by atoms with Crippen LogP contribution in [0.4, 0.5) is 0 Å². The van der Waals surface area contributed by atoms with Crippen molar-refractivity contribution in [1.82, 2.24) is 10.1 Å². The van der Waals surface area contributed by atoms with Crippen LogP contribution in [0.3, 0.4) is 0 Å². The Kier molecular flexibility index (Phi) is 6.17. The minimum atomic E-state index is -3.63. The lowest BCUT2D eigenvalue weighted by Crippen LogP contribution is -2.28. The average Bonchev–Trinajstić information content (AvgIpc) is 3.13. The van der Waals surface area contributed by atoms with Crippen molar-refractivity contribution in [2.75, 3.05) is 12.8 Å². The summed E-state index contributed by atoms with van der Waals surface area (Å²) in [6, 6.07) is 16.5. The Labute approximate surface area is 171 Å². The molecule has 0 N–H and O–H groups in total. The fraction of sp³-hybridized carbons (Fsp3) is 0.273. The molecule has 0 saturated heterocycles. The molecule has 0 spiro atoms. The number of rotatable bonds is 7. The standard InChI is InChI=1S/C22H24N2O4S/c1-16-9-10-19(20-13-17(2)23-28-20)14-21(16)29(26,27)12-11-22(25)24(3)15-18-7-5-4-6-8-18/h4-10,13-14H,11-12,15H2,1-3H3. The molecule has 1 amide bonds. The van der Waals surface area contributed by atoms with Crippen molar-refractivity contribution in [3.63, 3.8) is 0 Å². The Morgan fingerprint density at radius 3 is 2.45 bits per heavy atom. The normalized spacial score (nSPS) is 11.4. The molecular formula is C22H24N2O4S. The van der Waals surface area contributed by atoms with E-state index in [1.165, 1.54) is 0 Å². The van der Waals surface area contributed by atoms with E-state index in [0.717, 1.165) is 11.3 Å². The quantitative estimate of drug-likeness (QED) is 0.590. The van der Waals surface area contributed by atoms with Crippen LogP contribution < -0.4 is 0 Å². The van der Waals surface area contributed by atoms with E-state index in [1.54, 1.807) is 50.1 Å². The zero-order chi connectivity index (χ0) is 21.0. The maximum absolute atomic E-state index is 12.9. The summed E-state index contributed by atoms with van der Waals surface area (Å²) in [6.45, 7) is 3.99. The summed E-state index contributed by atoms with van der Waals surface area (Å²) < 4.78 is 31.1. The molecule has 2 aromatic carbocycles. The number of hydrogen-bond acceptors (Lipinski definition) is 5. The number of aryl methyl sites for hydroxylation is 2. The van der Waals surface area contributed by atoms with E-state index >= 15 is 0 Å². The molecule has 1 heterocycles. The topological polar surface area (TPSA) is 80.5 Å². The van der Waals surface area contributed by atoms with Crippen LogP contribution in [0.15, 0.2) is 64.0 Å². The van der Waals surface area contributed by atoms with Gasteiger partial charge in [-0.05, 0) is 31.0 Å². The summed E-state index contributed by atoms with van der Waals surface area (Å²) in [4.78, 5) is 14.2. The molecule has 7 heteroatoms. The van der Waals surface area contributed by atoms with Gasteiger partial charge in [0.05, 0.1) is 16.3 Å². The third-order valence-corrected chi connectivity index (χ3v) is 6.56. The van der Waals surface area contributed by atoms with Gasteiger partial charge in [0.1, 0.15) is 0 Å². The van der Waals surface area contributed by atoms with Gasteiger partial charge in [-0.3, -0.25) is 4.79 Å². The molecule has 3 rings (SSSR count). The van der Waals surface area contributed by atoms with E-state index in [4.69, 9.17) is 4.52 Å². The number of sulfone groups is 1. The maximum Gasteiger partial charge on any atom is 0.223 e. The summed E-state index contributed by atoms with van der Waals surface area (Å²) in [5.41, 5.74) is 2.99. The Bertz CT molecular complexity index is 1100. The Morgan fingerprint density at radius 1 is 1.07 bits per heavy atom. The third kappa shape index (κ3) is 5.12. The fourth-order valence-corrected chi connectivity index (χ4v) is 4.58. The summed E-state index contributed by atoms with van der Waals surface area (Å²) in [5, 5.41) is 3.85. The highest BCUT2D eigenvalue weighted by Gasteiger charge is 2.21. The van der Waals surface area contributed by atoms with Crippen LogP contribution in [0.1, 0.15) is 23.2 Å². The van der Waals surface area contributed by atoms with Crippen LogP contribution in [0.5, 0.6) is 0 Å². The molecule has 0 radical (unpaired) electrons. The molecule has 0 aliphatic rings. The van der Waals surface area contributed by atoms with Gasteiger partial charge < -0.3 is 9.42 Å². The number of hydrogen-bond donors (Lipinski definition) is 0. The van der Waals surface area contributed by atoms with Crippen molar-refractivity contribution in [3.8, 4) is 11.3 Å². The van der Waals surface area contributed by atoms with Gasteiger partial charge in [-0.15, -0.1) is 0 Å². The lowest BCUT2D eigenvalue weighted by atomic mass is 10.1. The van der Waals surface area contributed by atoms with Crippen LogP contribution in [0.25, 0.3) is 11.3 Å². The number of amides is 1. The molecule has 0 bridgehead atoms. The molecule has 0 saturated carbocycles. The van der Waals surface area contributed by atoms with Crippen molar-refractivity contribution in [1.29, 1.82) is 0 Å². The molecule has 152 valence electrons. The molecule has 0 unspecified atom stereocenters. The van der Waals surface area contributed by atoms with Gasteiger partial charge in [-0.1, -0.05) is 47.6 Å². The van der Waals surface area contributed by atoms with E-state index in [0.29, 0.717) is 23.4 Å². The lowest BCUT2D eigenvalue weighted by Gasteiger charge is -2.17. The highest BCUT2D eigenvalue weighted by molar-refractivity contribution is 7.91. The first kappa shape index (κ1) is 20.8. The van der Waals surface area contributed by atoms with Crippen LogP contribution in [0.2, 0.25) is 0 Å². The van der Waals surface area contributed by atoms with Gasteiger partial charge in [0.2, 0.25) is 5.91 Å². The van der Waals surface area contributed by atoms with Crippen molar-refractivity contribution >= 4 is 15.7 Å². The monoisotopic (exact) mass is 412 g/mol. The van der Waals surface area contributed by atoms with Gasteiger partial charge in [0.25, 0.3) is 0 Å². The van der Waals surface area contributed by atoms with E-state index in [-0.39, 0.29) is 23.0 Å². The number of aromatic nitrogens is 1. The Balaban J connectivity index is 1.71. The zero-order valence-electron chi connectivity index (χ0n) is 16.8.